The molecule has 0 amide bonds. The zero-order valence-electron chi connectivity index (χ0n) is 11.8. The summed E-state index contributed by atoms with van der Waals surface area (Å²) in [7, 11) is 0. The van der Waals surface area contributed by atoms with Crippen molar-refractivity contribution in [2.24, 2.45) is 0 Å². The number of hydrogen-bond acceptors (Lipinski definition) is 5. The second-order valence-electron chi connectivity index (χ2n) is 4.66. The van der Waals surface area contributed by atoms with Crippen LogP contribution in [0.3, 0.4) is 0 Å². The Bertz CT molecular complexity index is 572. The normalized spacial score (nSPS) is 12.2. The van der Waals surface area contributed by atoms with Crippen molar-refractivity contribution in [3.8, 4) is 0 Å². The van der Waals surface area contributed by atoms with Gasteiger partial charge in [0, 0.05) is 18.5 Å². The van der Waals surface area contributed by atoms with Crippen molar-refractivity contribution in [1.82, 2.24) is 9.97 Å². The Hall–Kier alpha value is -2.14. The van der Waals surface area contributed by atoms with Crippen LogP contribution in [0.25, 0.3) is 0 Å². The Kier molecular flexibility index (Phi) is 4.53. The molecule has 1 heterocycles. The van der Waals surface area contributed by atoms with Crippen LogP contribution < -0.4 is 11.1 Å². The number of aryl methyl sites for hydroxylation is 1. The highest BCUT2D eigenvalue weighted by molar-refractivity contribution is 5.54. The molecule has 5 heteroatoms. The van der Waals surface area contributed by atoms with E-state index in [2.05, 4.69) is 15.3 Å². The van der Waals surface area contributed by atoms with Crippen molar-refractivity contribution in [3.05, 3.63) is 47.3 Å². The highest BCUT2D eigenvalue weighted by atomic mass is 16.3. The lowest BCUT2D eigenvalue weighted by molar-refractivity contribution is 0.191. The number of nitrogens with two attached hydrogens (primary N) is 1. The van der Waals surface area contributed by atoms with Gasteiger partial charge < -0.3 is 16.2 Å². The second kappa shape index (κ2) is 6.34. The maximum atomic E-state index is 10.1. The van der Waals surface area contributed by atoms with Crippen LogP contribution in [-0.2, 0) is 6.42 Å². The topological polar surface area (TPSA) is 84.1 Å². The Morgan fingerprint density at radius 3 is 2.60 bits per heavy atom. The monoisotopic (exact) mass is 272 g/mol. The smallest absolute Gasteiger partial charge is 0.134 e. The maximum Gasteiger partial charge on any atom is 0.134 e. The van der Waals surface area contributed by atoms with Crippen molar-refractivity contribution < 1.29 is 5.11 Å². The molecule has 4 N–H and O–H groups in total. The van der Waals surface area contributed by atoms with Crippen molar-refractivity contribution in [1.29, 1.82) is 0 Å². The Balaban J connectivity index is 2.09. The first-order valence-corrected chi connectivity index (χ1v) is 6.71. The van der Waals surface area contributed by atoms with Gasteiger partial charge in [-0.15, -0.1) is 0 Å². The number of nitrogens with one attached hydrogen (secondary N) is 1. The minimum Gasteiger partial charge on any atom is -0.387 e. The van der Waals surface area contributed by atoms with E-state index < -0.39 is 6.10 Å². The fourth-order valence-corrected chi connectivity index (χ4v) is 1.90. The van der Waals surface area contributed by atoms with E-state index >= 15 is 0 Å². The third-order valence-corrected chi connectivity index (χ3v) is 3.19. The quantitative estimate of drug-likeness (QED) is 0.776. The van der Waals surface area contributed by atoms with Crippen LogP contribution >= 0.6 is 0 Å². The van der Waals surface area contributed by atoms with Gasteiger partial charge >= 0.3 is 0 Å². The summed E-state index contributed by atoms with van der Waals surface area (Å²) in [5.41, 5.74) is 7.54. The lowest BCUT2D eigenvalue weighted by Crippen LogP contribution is -2.15. The molecule has 1 aromatic heterocycles. The summed E-state index contributed by atoms with van der Waals surface area (Å²) in [6.45, 7) is 4.23. The molecule has 0 fully saturated rings. The summed E-state index contributed by atoms with van der Waals surface area (Å²) in [5.74, 6) is 1.86. The van der Waals surface area contributed by atoms with Crippen LogP contribution in [0.4, 0.5) is 11.6 Å². The molecular formula is C15H20N4O. The SMILES string of the molecule is CCc1nc(N)c(C)c(NCC(O)c2ccccc2)n1. The molecular weight excluding hydrogens is 252 g/mol. The molecule has 0 aliphatic carbocycles. The number of aliphatic hydroxyl groups is 1. The van der Waals surface area contributed by atoms with Gasteiger partial charge in [0.05, 0.1) is 6.10 Å². The molecule has 1 atom stereocenters. The number of nitrogens with zero attached hydrogens (tertiary/aromatic N) is 2. The van der Waals surface area contributed by atoms with E-state index in [0.717, 1.165) is 17.5 Å². The van der Waals surface area contributed by atoms with Gasteiger partial charge in [0.1, 0.15) is 17.5 Å². The first kappa shape index (κ1) is 14.3. The largest absolute Gasteiger partial charge is 0.387 e. The van der Waals surface area contributed by atoms with Gasteiger partial charge in [0.25, 0.3) is 0 Å². The van der Waals surface area contributed by atoms with E-state index in [0.29, 0.717) is 24.0 Å². The summed E-state index contributed by atoms with van der Waals surface area (Å²) in [6.07, 6.45) is 0.136. The number of nitrogen functional groups attached to an aromatic ring is 1. The number of hydrogen-bond donors (Lipinski definition) is 3. The molecule has 0 aliphatic heterocycles. The molecule has 2 aromatic rings. The van der Waals surface area contributed by atoms with Gasteiger partial charge in [-0.1, -0.05) is 37.3 Å². The zero-order chi connectivity index (χ0) is 14.5. The number of benzene rings is 1. The number of rotatable bonds is 5. The molecule has 0 aliphatic rings. The van der Waals surface area contributed by atoms with Crippen LogP contribution in [0, 0.1) is 6.92 Å². The Labute approximate surface area is 118 Å². The molecule has 1 aromatic carbocycles. The fourth-order valence-electron chi connectivity index (χ4n) is 1.90. The summed E-state index contributed by atoms with van der Waals surface area (Å²) in [6, 6.07) is 9.52. The van der Waals surface area contributed by atoms with E-state index in [1.165, 1.54) is 0 Å². The zero-order valence-corrected chi connectivity index (χ0v) is 11.8. The molecule has 0 saturated heterocycles. The number of anilines is 2. The van der Waals surface area contributed by atoms with E-state index in [1.807, 2.05) is 44.2 Å². The molecule has 0 spiro atoms. The summed E-state index contributed by atoms with van der Waals surface area (Å²) < 4.78 is 0. The Morgan fingerprint density at radius 1 is 1.25 bits per heavy atom. The minimum absolute atomic E-state index is 0.379. The van der Waals surface area contributed by atoms with E-state index in [9.17, 15) is 5.11 Å². The highest BCUT2D eigenvalue weighted by Gasteiger charge is 2.11. The highest BCUT2D eigenvalue weighted by Crippen LogP contribution is 2.19. The molecule has 0 bridgehead atoms. The predicted molar refractivity (Wildman–Crippen MR) is 80.5 cm³/mol. The lowest BCUT2D eigenvalue weighted by atomic mass is 10.1. The number of aliphatic hydroxyl groups excluding tert-OH is 1. The Morgan fingerprint density at radius 2 is 1.95 bits per heavy atom. The molecule has 0 radical (unpaired) electrons. The molecule has 2 rings (SSSR count). The third kappa shape index (κ3) is 3.24. The predicted octanol–water partition coefficient (Wildman–Crippen LogP) is 2.08. The number of aromatic nitrogens is 2. The molecule has 20 heavy (non-hydrogen) atoms. The standard InChI is InChI=1S/C15H20N4O/c1-3-13-18-14(16)10(2)15(19-13)17-9-12(20)11-7-5-4-6-8-11/h4-8,12,20H,3,9H2,1-2H3,(H3,16,17,18,19). The van der Waals surface area contributed by atoms with Crippen LogP contribution in [-0.4, -0.2) is 21.6 Å². The molecule has 5 nitrogen and oxygen atoms in total. The van der Waals surface area contributed by atoms with E-state index in [-0.39, 0.29) is 0 Å². The molecule has 0 saturated carbocycles. The van der Waals surface area contributed by atoms with Gasteiger partial charge in [-0.05, 0) is 12.5 Å². The third-order valence-electron chi connectivity index (χ3n) is 3.19. The fraction of sp³-hybridized carbons (Fsp3) is 0.333. The van der Waals surface area contributed by atoms with Crippen LogP contribution in [0.5, 0.6) is 0 Å². The lowest BCUT2D eigenvalue weighted by Gasteiger charge is -2.15. The van der Waals surface area contributed by atoms with Gasteiger partial charge in [-0.25, -0.2) is 9.97 Å². The molecule has 106 valence electrons. The summed E-state index contributed by atoms with van der Waals surface area (Å²) >= 11 is 0. The van der Waals surface area contributed by atoms with Crippen molar-refractivity contribution in [3.63, 3.8) is 0 Å². The summed E-state index contributed by atoms with van der Waals surface area (Å²) in [5, 5.41) is 13.3. The van der Waals surface area contributed by atoms with Crippen LogP contribution in [0.1, 0.15) is 30.0 Å². The summed E-state index contributed by atoms with van der Waals surface area (Å²) in [4.78, 5) is 8.61. The first-order chi connectivity index (χ1) is 9.61. The van der Waals surface area contributed by atoms with Crippen LogP contribution in [0.2, 0.25) is 0 Å². The average molecular weight is 272 g/mol. The van der Waals surface area contributed by atoms with Gasteiger partial charge in [0.15, 0.2) is 0 Å². The van der Waals surface area contributed by atoms with Gasteiger partial charge in [-0.3, -0.25) is 0 Å². The average Bonchev–Trinajstić information content (AvgIpc) is 2.49. The van der Waals surface area contributed by atoms with Gasteiger partial charge in [0.2, 0.25) is 0 Å². The van der Waals surface area contributed by atoms with Gasteiger partial charge in [-0.2, -0.15) is 0 Å². The van der Waals surface area contributed by atoms with Crippen molar-refractivity contribution >= 4 is 11.6 Å². The second-order valence-corrected chi connectivity index (χ2v) is 4.66. The van der Waals surface area contributed by atoms with Crippen molar-refractivity contribution in [2.75, 3.05) is 17.6 Å². The van der Waals surface area contributed by atoms with E-state index in [1.54, 1.807) is 0 Å². The first-order valence-electron chi connectivity index (χ1n) is 6.71. The maximum absolute atomic E-state index is 10.1. The van der Waals surface area contributed by atoms with E-state index in [4.69, 9.17) is 5.73 Å². The van der Waals surface area contributed by atoms with Crippen molar-refractivity contribution in [2.45, 2.75) is 26.4 Å². The van der Waals surface area contributed by atoms with Crippen LogP contribution in [0.15, 0.2) is 30.3 Å². The minimum atomic E-state index is -0.586. The molecule has 1 unspecified atom stereocenters.